The standard InChI is InChI=1S/C20H25ClN4O4S2/c1-14(23-31(28,29)18-6-3-16(4-7-18)22-15(2)26)20(27)25-11-9-24(10-12-25)13-17-5-8-19(21)30-17/h3-8,14,23H,9-13H2,1-2H3,(H,22,26)/t14-/m0/s1. The molecule has 1 aromatic heterocycles. The van der Waals surface area contributed by atoms with Crippen LogP contribution in [0.5, 0.6) is 0 Å². The maximum atomic E-state index is 12.8. The molecule has 1 saturated heterocycles. The Balaban J connectivity index is 1.53. The van der Waals surface area contributed by atoms with E-state index >= 15 is 0 Å². The van der Waals surface area contributed by atoms with Crippen LogP contribution in [0.2, 0.25) is 4.34 Å². The second kappa shape index (κ2) is 10.1. The first-order valence-corrected chi connectivity index (χ1v) is 12.5. The molecule has 2 amide bonds. The lowest BCUT2D eigenvalue weighted by atomic mass is 10.2. The van der Waals surface area contributed by atoms with Crippen molar-refractivity contribution >= 4 is 50.5 Å². The Morgan fingerprint density at radius 1 is 1.10 bits per heavy atom. The van der Waals surface area contributed by atoms with Gasteiger partial charge in [-0.2, -0.15) is 4.72 Å². The van der Waals surface area contributed by atoms with Gasteiger partial charge in [-0.1, -0.05) is 11.6 Å². The van der Waals surface area contributed by atoms with Gasteiger partial charge in [-0.05, 0) is 43.3 Å². The van der Waals surface area contributed by atoms with Crippen molar-refractivity contribution in [2.45, 2.75) is 31.3 Å². The van der Waals surface area contributed by atoms with Crippen molar-refractivity contribution in [1.82, 2.24) is 14.5 Å². The van der Waals surface area contributed by atoms with Crippen LogP contribution in [0, 0.1) is 0 Å². The van der Waals surface area contributed by atoms with Crippen molar-refractivity contribution in [1.29, 1.82) is 0 Å². The third kappa shape index (κ3) is 6.50. The summed E-state index contributed by atoms with van der Waals surface area (Å²) in [7, 11) is -3.87. The summed E-state index contributed by atoms with van der Waals surface area (Å²) in [5, 5.41) is 2.58. The Labute approximate surface area is 191 Å². The van der Waals surface area contributed by atoms with E-state index in [0.29, 0.717) is 31.9 Å². The highest BCUT2D eigenvalue weighted by atomic mass is 35.5. The molecule has 0 radical (unpaired) electrons. The van der Waals surface area contributed by atoms with Gasteiger partial charge in [-0.25, -0.2) is 8.42 Å². The number of nitrogens with one attached hydrogen (secondary N) is 2. The molecule has 8 nitrogen and oxygen atoms in total. The van der Waals surface area contributed by atoms with Crippen LogP contribution in [0.15, 0.2) is 41.3 Å². The monoisotopic (exact) mass is 484 g/mol. The van der Waals surface area contributed by atoms with Gasteiger partial charge in [0.1, 0.15) is 0 Å². The van der Waals surface area contributed by atoms with Crippen molar-refractivity contribution in [3.8, 4) is 0 Å². The molecule has 1 aromatic carbocycles. The molecule has 1 aliphatic rings. The minimum Gasteiger partial charge on any atom is -0.339 e. The minimum atomic E-state index is -3.87. The van der Waals surface area contributed by atoms with Gasteiger partial charge in [0.15, 0.2) is 0 Å². The van der Waals surface area contributed by atoms with E-state index in [2.05, 4.69) is 14.9 Å². The van der Waals surface area contributed by atoms with Crippen LogP contribution >= 0.6 is 22.9 Å². The van der Waals surface area contributed by atoms with Gasteiger partial charge in [-0.15, -0.1) is 11.3 Å². The van der Waals surface area contributed by atoms with E-state index in [0.717, 1.165) is 10.9 Å². The molecule has 168 valence electrons. The second-order valence-electron chi connectivity index (χ2n) is 7.36. The number of hydrogen-bond donors (Lipinski definition) is 2. The van der Waals surface area contributed by atoms with E-state index in [4.69, 9.17) is 11.6 Å². The quantitative estimate of drug-likeness (QED) is 0.628. The van der Waals surface area contributed by atoms with Gasteiger partial charge in [0.2, 0.25) is 21.8 Å². The summed E-state index contributed by atoms with van der Waals surface area (Å²) < 4.78 is 28.5. The van der Waals surface area contributed by atoms with Crippen molar-refractivity contribution in [3.05, 3.63) is 45.6 Å². The van der Waals surface area contributed by atoms with Crippen LogP contribution in [0.1, 0.15) is 18.7 Å². The number of amides is 2. The molecular weight excluding hydrogens is 460 g/mol. The molecule has 1 aliphatic heterocycles. The molecular formula is C20H25ClN4O4S2. The predicted octanol–water partition coefficient (Wildman–Crippen LogP) is 2.37. The lowest BCUT2D eigenvalue weighted by Gasteiger charge is -2.35. The Hall–Kier alpha value is -1.98. The summed E-state index contributed by atoms with van der Waals surface area (Å²) >= 11 is 7.52. The second-order valence-corrected chi connectivity index (χ2v) is 10.9. The van der Waals surface area contributed by atoms with Crippen molar-refractivity contribution < 1.29 is 18.0 Å². The molecule has 31 heavy (non-hydrogen) atoms. The van der Waals surface area contributed by atoms with Gasteiger partial charge < -0.3 is 10.2 Å². The number of hydrogen-bond acceptors (Lipinski definition) is 6. The number of nitrogens with zero attached hydrogens (tertiary/aromatic N) is 2. The SMILES string of the molecule is CC(=O)Nc1ccc(S(=O)(=O)N[C@@H](C)C(=O)N2CCN(Cc3ccc(Cl)s3)CC2)cc1. The number of benzene rings is 1. The Bertz CT molecular complexity index is 1030. The largest absolute Gasteiger partial charge is 0.339 e. The van der Waals surface area contributed by atoms with Crippen LogP contribution in [0.3, 0.4) is 0 Å². The van der Waals surface area contributed by atoms with Crippen LogP contribution in [0.4, 0.5) is 5.69 Å². The molecule has 1 fully saturated rings. The molecule has 0 spiro atoms. The first-order chi connectivity index (χ1) is 14.6. The molecule has 11 heteroatoms. The van der Waals surface area contributed by atoms with Crippen molar-refractivity contribution in [2.75, 3.05) is 31.5 Å². The van der Waals surface area contributed by atoms with Gasteiger partial charge in [-0.3, -0.25) is 14.5 Å². The topological polar surface area (TPSA) is 98.8 Å². The Kier molecular flexibility index (Phi) is 7.71. The van der Waals surface area contributed by atoms with E-state index < -0.39 is 16.1 Å². The molecule has 2 N–H and O–H groups in total. The molecule has 0 unspecified atom stereocenters. The first kappa shape index (κ1) is 23.7. The predicted molar refractivity (Wildman–Crippen MR) is 122 cm³/mol. The Morgan fingerprint density at radius 3 is 2.29 bits per heavy atom. The smallest absolute Gasteiger partial charge is 0.241 e. The summed E-state index contributed by atoms with van der Waals surface area (Å²) in [6.45, 7) is 6.21. The van der Waals surface area contributed by atoms with E-state index in [1.807, 2.05) is 12.1 Å². The van der Waals surface area contributed by atoms with E-state index in [-0.39, 0.29) is 16.7 Å². The third-order valence-corrected chi connectivity index (χ3v) is 7.65. The maximum Gasteiger partial charge on any atom is 0.241 e. The van der Waals surface area contributed by atoms with Gasteiger partial charge >= 0.3 is 0 Å². The zero-order chi connectivity index (χ0) is 22.6. The van der Waals surface area contributed by atoms with Crippen LogP contribution in [-0.4, -0.2) is 62.3 Å². The third-order valence-electron chi connectivity index (χ3n) is 4.88. The van der Waals surface area contributed by atoms with Crippen LogP contribution in [0.25, 0.3) is 0 Å². The summed E-state index contributed by atoms with van der Waals surface area (Å²) in [6, 6.07) is 8.78. The number of anilines is 1. The maximum absolute atomic E-state index is 12.8. The highest BCUT2D eigenvalue weighted by Crippen LogP contribution is 2.23. The molecule has 2 heterocycles. The fraction of sp³-hybridized carbons (Fsp3) is 0.400. The van der Waals surface area contributed by atoms with Crippen LogP contribution < -0.4 is 10.0 Å². The normalized spacial score (nSPS) is 16.2. The molecule has 0 aliphatic carbocycles. The van der Waals surface area contributed by atoms with Crippen molar-refractivity contribution in [3.63, 3.8) is 0 Å². The molecule has 2 aromatic rings. The van der Waals surface area contributed by atoms with E-state index in [1.165, 1.54) is 36.1 Å². The van der Waals surface area contributed by atoms with Gasteiger partial charge in [0, 0.05) is 50.2 Å². The van der Waals surface area contributed by atoms with Gasteiger partial charge in [0.25, 0.3) is 0 Å². The summed E-state index contributed by atoms with van der Waals surface area (Å²) in [4.78, 5) is 29.0. The minimum absolute atomic E-state index is 0.0284. The fourth-order valence-corrected chi connectivity index (χ4v) is 5.66. The number of thiophene rings is 1. The summed E-state index contributed by atoms with van der Waals surface area (Å²) in [6.07, 6.45) is 0. The zero-order valence-electron chi connectivity index (χ0n) is 17.3. The van der Waals surface area contributed by atoms with E-state index in [9.17, 15) is 18.0 Å². The summed E-state index contributed by atoms with van der Waals surface area (Å²) in [5.74, 6) is -0.496. The average Bonchev–Trinajstić information content (AvgIpc) is 3.12. The van der Waals surface area contributed by atoms with Crippen molar-refractivity contribution in [2.24, 2.45) is 0 Å². The molecule has 1 atom stereocenters. The Morgan fingerprint density at radius 2 is 1.74 bits per heavy atom. The average molecular weight is 485 g/mol. The first-order valence-electron chi connectivity index (χ1n) is 9.79. The lowest BCUT2D eigenvalue weighted by Crippen LogP contribution is -2.53. The number of piperazine rings is 1. The number of halogens is 1. The number of carbonyl (C=O) groups excluding carboxylic acids is 2. The highest BCUT2D eigenvalue weighted by Gasteiger charge is 2.28. The number of sulfonamides is 1. The van der Waals surface area contributed by atoms with E-state index in [1.54, 1.807) is 23.2 Å². The molecule has 0 saturated carbocycles. The lowest BCUT2D eigenvalue weighted by molar-refractivity contribution is -0.134. The van der Waals surface area contributed by atoms with Crippen LogP contribution in [-0.2, 0) is 26.2 Å². The van der Waals surface area contributed by atoms with Gasteiger partial charge in [0.05, 0.1) is 15.3 Å². The fourth-order valence-electron chi connectivity index (χ4n) is 3.33. The zero-order valence-corrected chi connectivity index (χ0v) is 19.7. The number of rotatable bonds is 7. The molecule has 0 bridgehead atoms. The highest BCUT2D eigenvalue weighted by molar-refractivity contribution is 7.89. The summed E-state index contributed by atoms with van der Waals surface area (Å²) in [5.41, 5.74) is 0.498. The number of carbonyl (C=O) groups is 2. The molecule has 3 rings (SSSR count).